The molecular formula is C22H19N3OS2. The highest BCUT2D eigenvalue weighted by Crippen LogP contribution is 2.32. The summed E-state index contributed by atoms with van der Waals surface area (Å²) < 4.78 is 0. The summed E-state index contributed by atoms with van der Waals surface area (Å²) in [6, 6.07) is 19.0. The Labute approximate surface area is 172 Å². The van der Waals surface area contributed by atoms with Crippen LogP contribution in [0.4, 0.5) is 5.69 Å². The molecule has 0 atom stereocenters. The quantitative estimate of drug-likeness (QED) is 0.580. The van der Waals surface area contributed by atoms with Gasteiger partial charge in [-0.3, -0.25) is 4.79 Å². The molecule has 1 saturated heterocycles. The van der Waals surface area contributed by atoms with Gasteiger partial charge in [-0.25, -0.2) is 0 Å². The number of amides is 1. The van der Waals surface area contributed by atoms with Gasteiger partial charge in [0.1, 0.15) is 0 Å². The summed E-state index contributed by atoms with van der Waals surface area (Å²) in [4.78, 5) is 23.1. The van der Waals surface area contributed by atoms with E-state index in [-0.39, 0.29) is 5.91 Å². The standard InChI is InChI=1S/C22H19N3OS2/c26-21-20(15-17-7-4-14-27-17)28-22(23-21)25-12-10-24(11-13-25)19-9-3-6-16-5-1-2-8-18(16)19/h1-9,14-15H,10-13H2/b20-15-. The van der Waals surface area contributed by atoms with Crippen molar-refractivity contribution in [3.63, 3.8) is 0 Å². The number of benzene rings is 2. The summed E-state index contributed by atoms with van der Waals surface area (Å²) in [6.07, 6.45) is 1.94. The molecule has 0 unspecified atom stereocenters. The minimum Gasteiger partial charge on any atom is -0.367 e. The average molecular weight is 406 g/mol. The van der Waals surface area contributed by atoms with Gasteiger partial charge >= 0.3 is 0 Å². The van der Waals surface area contributed by atoms with Gasteiger partial charge in [0.2, 0.25) is 0 Å². The lowest BCUT2D eigenvalue weighted by atomic mass is 10.1. The normalized spacial score (nSPS) is 18.9. The Morgan fingerprint density at radius 1 is 0.893 bits per heavy atom. The molecule has 2 aliphatic rings. The topological polar surface area (TPSA) is 35.9 Å². The van der Waals surface area contributed by atoms with Gasteiger partial charge in [-0.2, -0.15) is 4.99 Å². The number of carbonyl (C=O) groups excluding carboxylic acids is 1. The molecule has 3 aromatic rings. The Kier molecular flexibility index (Phi) is 4.66. The van der Waals surface area contributed by atoms with Crippen molar-refractivity contribution in [2.45, 2.75) is 0 Å². The average Bonchev–Trinajstić information content (AvgIpc) is 3.38. The van der Waals surface area contributed by atoms with Crippen molar-refractivity contribution in [2.24, 2.45) is 4.99 Å². The molecule has 0 N–H and O–H groups in total. The lowest BCUT2D eigenvalue weighted by Gasteiger charge is -2.37. The highest BCUT2D eigenvalue weighted by molar-refractivity contribution is 8.18. The predicted octanol–water partition coefficient (Wildman–Crippen LogP) is 4.69. The van der Waals surface area contributed by atoms with Gasteiger partial charge in [0, 0.05) is 42.1 Å². The number of hydrogen-bond acceptors (Lipinski definition) is 5. The second-order valence-corrected chi connectivity index (χ2v) is 8.79. The first-order valence-electron chi connectivity index (χ1n) is 9.32. The van der Waals surface area contributed by atoms with Crippen molar-refractivity contribution in [1.82, 2.24) is 4.90 Å². The lowest BCUT2D eigenvalue weighted by Crippen LogP contribution is -2.47. The van der Waals surface area contributed by atoms with Gasteiger partial charge in [0.05, 0.1) is 4.91 Å². The van der Waals surface area contributed by atoms with E-state index in [9.17, 15) is 4.79 Å². The van der Waals surface area contributed by atoms with E-state index in [0.717, 1.165) is 36.2 Å². The second-order valence-electron chi connectivity index (χ2n) is 6.80. The van der Waals surface area contributed by atoms with Crippen LogP contribution in [0.1, 0.15) is 4.88 Å². The number of fused-ring (bicyclic) bond motifs is 1. The second kappa shape index (κ2) is 7.45. The maximum atomic E-state index is 12.3. The maximum Gasteiger partial charge on any atom is 0.286 e. The maximum absolute atomic E-state index is 12.3. The Morgan fingerprint density at radius 2 is 1.68 bits per heavy atom. The molecule has 1 fully saturated rings. The van der Waals surface area contributed by atoms with Crippen molar-refractivity contribution in [2.75, 3.05) is 31.1 Å². The zero-order valence-electron chi connectivity index (χ0n) is 15.2. The van der Waals surface area contributed by atoms with Crippen molar-refractivity contribution < 1.29 is 4.79 Å². The SMILES string of the molecule is O=C1N=C(N2CCN(c3cccc4ccccc34)CC2)S/C1=C\c1cccs1. The first-order valence-corrected chi connectivity index (χ1v) is 11.0. The van der Waals surface area contributed by atoms with E-state index in [1.807, 2.05) is 23.6 Å². The van der Waals surface area contributed by atoms with E-state index in [2.05, 4.69) is 57.3 Å². The van der Waals surface area contributed by atoms with Crippen LogP contribution in [0, 0.1) is 0 Å². The van der Waals surface area contributed by atoms with E-state index in [0.29, 0.717) is 4.91 Å². The number of amidine groups is 1. The molecule has 2 aromatic carbocycles. The van der Waals surface area contributed by atoms with Crippen LogP contribution in [-0.4, -0.2) is 42.2 Å². The lowest BCUT2D eigenvalue weighted by molar-refractivity contribution is -0.113. The molecule has 5 rings (SSSR count). The first kappa shape index (κ1) is 17.5. The minimum absolute atomic E-state index is 0.120. The molecule has 2 aliphatic heterocycles. The fourth-order valence-electron chi connectivity index (χ4n) is 3.66. The van der Waals surface area contributed by atoms with Gasteiger partial charge < -0.3 is 9.80 Å². The summed E-state index contributed by atoms with van der Waals surface area (Å²) >= 11 is 3.13. The molecule has 3 heterocycles. The molecule has 0 aliphatic carbocycles. The molecular weight excluding hydrogens is 386 g/mol. The van der Waals surface area contributed by atoms with Crippen LogP contribution in [0.25, 0.3) is 16.8 Å². The van der Waals surface area contributed by atoms with Gasteiger partial charge in [0.25, 0.3) is 5.91 Å². The first-order chi connectivity index (χ1) is 13.8. The third-order valence-corrected chi connectivity index (χ3v) is 6.95. The largest absolute Gasteiger partial charge is 0.367 e. The van der Waals surface area contributed by atoms with Gasteiger partial charge in [-0.05, 0) is 40.7 Å². The van der Waals surface area contributed by atoms with Gasteiger partial charge in [-0.15, -0.1) is 11.3 Å². The number of aliphatic imine (C=N–C) groups is 1. The number of nitrogens with zero attached hydrogens (tertiary/aromatic N) is 3. The summed E-state index contributed by atoms with van der Waals surface area (Å²) in [7, 11) is 0. The third kappa shape index (κ3) is 3.34. The Balaban J connectivity index is 1.29. The molecule has 28 heavy (non-hydrogen) atoms. The summed E-state index contributed by atoms with van der Waals surface area (Å²) in [6.45, 7) is 3.58. The number of carbonyl (C=O) groups is 1. The number of piperazine rings is 1. The van der Waals surface area contributed by atoms with Crippen molar-refractivity contribution in [3.8, 4) is 0 Å². The van der Waals surface area contributed by atoms with E-state index in [4.69, 9.17) is 0 Å². The molecule has 1 aromatic heterocycles. The summed E-state index contributed by atoms with van der Waals surface area (Å²) in [5.74, 6) is -0.120. The molecule has 0 saturated carbocycles. The molecule has 0 spiro atoms. The van der Waals surface area contributed by atoms with Crippen LogP contribution in [0.5, 0.6) is 0 Å². The van der Waals surface area contributed by atoms with Crippen LogP contribution < -0.4 is 4.90 Å². The zero-order valence-corrected chi connectivity index (χ0v) is 16.9. The highest BCUT2D eigenvalue weighted by Gasteiger charge is 2.28. The van der Waals surface area contributed by atoms with Crippen LogP contribution >= 0.6 is 23.1 Å². The third-order valence-electron chi connectivity index (χ3n) is 5.08. The summed E-state index contributed by atoms with van der Waals surface area (Å²) in [5, 5.41) is 5.42. The molecule has 6 heteroatoms. The summed E-state index contributed by atoms with van der Waals surface area (Å²) in [5.41, 5.74) is 1.29. The fraction of sp³-hybridized carbons (Fsp3) is 0.182. The molecule has 140 valence electrons. The van der Waals surface area contributed by atoms with Crippen molar-refractivity contribution >= 4 is 56.7 Å². The Morgan fingerprint density at radius 3 is 2.50 bits per heavy atom. The van der Waals surface area contributed by atoms with Gasteiger partial charge in [-0.1, -0.05) is 42.5 Å². The Bertz CT molecular complexity index is 1070. The smallest absolute Gasteiger partial charge is 0.286 e. The van der Waals surface area contributed by atoms with Crippen LogP contribution in [0.3, 0.4) is 0 Å². The number of rotatable bonds is 2. The minimum atomic E-state index is -0.120. The number of thiophene rings is 1. The predicted molar refractivity (Wildman–Crippen MR) is 120 cm³/mol. The monoisotopic (exact) mass is 405 g/mol. The van der Waals surface area contributed by atoms with Crippen LogP contribution in [-0.2, 0) is 4.79 Å². The van der Waals surface area contributed by atoms with E-state index >= 15 is 0 Å². The molecule has 0 bridgehead atoms. The number of thioether (sulfide) groups is 1. The van der Waals surface area contributed by atoms with Crippen LogP contribution in [0.2, 0.25) is 0 Å². The number of anilines is 1. The molecule has 0 radical (unpaired) electrons. The van der Waals surface area contributed by atoms with E-state index in [1.165, 1.54) is 28.2 Å². The van der Waals surface area contributed by atoms with Gasteiger partial charge in [0.15, 0.2) is 5.17 Å². The van der Waals surface area contributed by atoms with Crippen LogP contribution in [0.15, 0.2) is 69.9 Å². The highest BCUT2D eigenvalue weighted by atomic mass is 32.2. The fourth-order valence-corrected chi connectivity index (χ4v) is 5.35. The van der Waals surface area contributed by atoms with E-state index in [1.54, 1.807) is 11.3 Å². The molecule has 4 nitrogen and oxygen atoms in total. The molecule has 1 amide bonds. The Hall–Kier alpha value is -2.57. The number of hydrogen-bond donors (Lipinski definition) is 0. The van der Waals surface area contributed by atoms with Crippen molar-refractivity contribution in [3.05, 3.63) is 69.8 Å². The van der Waals surface area contributed by atoms with Crippen molar-refractivity contribution in [1.29, 1.82) is 0 Å². The van der Waals surface area contributed by atoms with E-state index < -0.39 is 0 Å². The zero-order chi connectivity index (χ0) is 18.9.